The van der Waals surface area contributed by atoms with Crippen LogP contribution in [0.2, 0.25) is 10.0 Å². The van der Waals surface area contributed by atoms with Crippen molar-refractivity contribution in [3.05, 3.63) is 62.9 Å². The topological polar surface area (TPSA) is 74.7 Å². The first-order valence-electron chi connectivity index (χ1n) is 10.7. The molecule has 0 spiro atoms. The zero-order valence-corrected chi connectivity index (χ0v) is 18.8. The molecule has 31 heavy (non-hydrogen) atoms. The summed E-state index contributed by atoms with van der Waals surface area (Å²) in [6.07, 6.45) is 5.83. The summed E-state index contributed by atoms with van der Waals surface area (Å²) in [6.45, 7) is 2.57. The number of nitrogens with one attached hydrogen (secondary N) is 1. The van der Waals surface area contributed by atoms with E-state index in [1.54, 1.807) is 23.1 Å². The van der Waals surface area contributed by atoms with Crippen molar-refractivity contribution in [1.82, 2.24) is 15.2 Å². The molecule has 166 valence electrons. The van der Waals surface area contributed by atoms with E-state index in [9.17, 15) is 9.90 Å². The van der Waals surface area contributed by atoms with Crippen LogP contribution in [0.1, 0.15) is 41.3 Å². The largest absolute Gasteiger partial charge is 0.394 e. The molecule has 2 aliphatic heterocycles. The maximum Gasteiger partial charge on any atom is 0.318 e. The first-order valence-corrected chi connectivity index (χ1v) is 11.4. The van der Waals surface area contributed by atoms with Crippen LogP contribution >= 0.6 is 23.2 Å². The van der Waals surface area contributed by atoms with Crippen molar-refractivity contribution in [3.63, 3.8) is 0 Å². The maximum absolute atomic E-state index is 12.9. The number of aliphatic hydroxyl groups excluding tert-OH is 1. The maximum atomic E-state index is 12.9. The minimum absolute atomic E-state index is 0.210. The molecule has 1 saturated heterocycles. The van der Waals surface area contributed by atoms with Gasteiger partial charge in [0.25, 0.3) is 0 Å². The monoisotopic (exact) mass is 463 g/mol. The van der Waals surface area contributed by atoms with Crippen LogP contribution < -0.4 is 5.32 Å². The predicted octanol–water partition coefficient (Wildman–Crippen LogP) is 4.16. The molecule has 2 aliphatic rings. The van der Waals surface area contributed by atoms with Gasteiger partial charge in [-0.05, 0) is 66.5 Å². The lowest BCUT2D eigenvalue weighted by molar-refractivity contribution is 0.0662. The molecule has 0 radical (unpaired) electrons. The molecule has 8 heteroatoms. The number of amides is 2. The van der Waals surface area contributed by atoms with Crippen molar-refractivity contribution in [2.24, 2.45) is 5.92 Å². The number of fused-ring (bicyclic) bond motifs is 1. The second-order valence-corrected chi connectivity index (χ2v) is 9.05. The van der Waals surface area contributed by atoms with Crippen molar-refractivity contribution in [3.8, 4) is 0 Å². The van der Waals surface area contributed by atoms with E-state index < -0.39 is 6.04 Å². The van der Waals surface area contributed by atoms with E-state index in [1.165, 1.54) is 5.56 Å². The zero-order chi connectivity index (χ0) is 21.8. The van der Waals surface area contributed by atoms with Gasteiger partial charge in [0.2, 0.25) is 0 Å². The third-order valence-electron chi connectivity index (χ3n) is 6.10. The van der Waals surface area contributed by atoms with Crippen LogP contribution in [0.15, 0.2) is 30.5 Å². The lowest BCUT2D eigenvalue weighted by atomic mass is 9.93. The van der Waals surface area contributed by atoms with Gasteiger partial charge in [0.15, 0.2) is 0 Å². The minimum atomic E-state index is -0.551. The number of carbonyl (C=O) groups excluding carboxylic acids is 1. The Balaban J connectivity index is 1.41. The highest BCUT2D eigenvalue weighted by atomic mass is 35.5. The van der Waals surface area contributed by atoms with Crippen LogP contribution in [0.25, 0.3) is 0 Å². The molecular formula is C23H27Cl2N3O3. The number of urea groups is 1. The number of hydrogen-bond donors (Lipinski definition) is 2. The van der Waals surface area contributed by atoms with E-state index in [1.807, 2.05) is 6.20 Å². The summed E-state index contributed by atoms with van der Waals surface area (Å²) in [7, 11) is 0. The highest BCUT2D eigenvalue weighted by molar-refractivity contribution is 6.42. The summed E-state index contributed by atoms with van der Waals surface area (Å²) in [5, 5.41) is 13.6. The summed E-state index contributed by atoms with van der Waals surface area (Å²) < 4.78 is 5.45. The van der Waals surface area contributed by atoms with Crippen LogP contribution in [0.5, 0.6) is 0 Å². The number of rotatable bonds is 5. The van der Waals surface area contributed by atoms with Gasteiger partial charge < -0.3 is 20.1 Å². The molecule has 0 unspecified atom stereocenters. The van der Waals surface area contributed by atoms with Crippen LogP contribution in [0.3, 0.4) is 0 Å². The van der Waals surface area contributed by atoms with Gasteiger partial charge in [-0.25, -0.2) is 4.79 Å². The van der Waals surface area contributed by atoms with Gasteiger partial charge in [-0.2, -0.15) is 0 Å². The molecule has 1 fully saturated rings. The van der Waals surface area contributed by atoms with Gasteiger partial charge in [-0.15, -0.1) is 0 Å². The molecule has 6 nitrogen and oxygen atoms in total. The number of pyridine rings is 1. The van der Waals surface area contributed by atoms with Crippen LogP contribution in [0, 0.1) is 5.92 Å². The SMILES string of the molecule is O=C(N[C@H](CO)c1ccc(Cl)c(Cl)c1)N1CCc2cnc(CC3CCOCC3)cc2C1. The average molecular weight is 464 g/mol. The molecule has 2 aromatic rings. The van der Waals surface area contributed by atoms with Crippen LogP contribution in [0.4, 0.5) is 4.79 Å². The van der Waals surface area contributed by atoms with Gasteiger partial charge in [0.05, 0.1) is 22.7 Å². The van der Waals surface area contributed by atoms with E-state index in [2.05, 4.69) is 16.4 Å². The molecule has 3 heterocycles. The van der Waals surface area contributed by atoms with Gasteiger partial charge in [0.1, 0.15) is 0 Å². The van der Waals surface area contributed by atoms with Crippen LogP contribution in [-0.4, -0.2) is 47.4 Å². The Bertz CT molecular complexity index is 934. The molecular weight excluding hydrogens is 437 g/mol. The summed E-state index contributed by atoms with van der Waals surface area (Å²) in [4.78, 5) is 19.4. The number of hydrogen-bond acceptors (Lipinski definition) is 4. The Morgan fingerprint density at radius 1 is 1.23 bits per heavy atom. The number of carbonyl (C=O) groups is 1. The predicted molar refractivity (Wildman–Crippen MR) is 120 cm³/mol. The van der Waals surface area contributed by atoms with Crippen molar-refractivity contribution >= 4 is 29.2 Å². The van der Waals surface area contributed by atoms with E-state index in [0.717, 1.165) is 50.2 Å². The molecule has 0 saturated carbocycles. The number of aromatic nitrogens is 1. The van der Waals surface area contributed by atoms with Gasteiger partial charge in [-0.1, -0.05) is 29.3 Å². The Morgan fingerprint density at radius 2 is 2.03 bits per heavy atom. The van der Waals surface area contributed by atoms with Crippen molar-refractivity contribution < 1.29 is 14.6 Å². The smallest absolute Gasteiger partial charge is 0.318 e. The highest BCUT2D eigenvalue weighted by Gasteiger charge is 2.24. The van der Waals surface area contributed by atoms with E-state index in [4.69, 9.17) is 27.9 Å². The Kier molecular flexibility index (Phi) is 7.33. The molecule has 2 amide bonds. The zero-order valence-electron chi connectivity index (χ0n) is 17.3. The average Bonchev–Trinajstić information content (AvgIpc) is 2.79. The summed E-state index contributed by atoms with van der Waals surface area (Å²) in [6, 6.07) is 6.48. The molecule has 0 bridgehead atoms. The van der Waals surface area contributed by atoms with Gasteiger partial charge >= 0.3 is 6.03 Å². The second-order valence-electron chi connectivity index (χ2n) is 8.23. The van der Waals surface area contributed by atoms with Crippen molar-refractivity contribution in [2.45, 2.75) is 38.3 Å². The Hall–Kier alpha value is -1.86. The molecule has 2 N–H and O–H groups in total. The standard InChI is InChI=1S/C23H27Cl2N3O3/c24-20-2-1-16(11-21(20)25)22(14-29)27-23(30)28-6-3-17-12-26-19(10-18(17)13-28)9-15-4-7-31-8-5-15/h1-2,10-12,15,22,29H,3-9,13-14H2,(H,27,30)/t22-/m1/s1. The fraction of sp³-hybridized carbons (Fsp3) is 0.478. The Morgan fingerprint density at radius 3 is 2.77 bits per heavy atom. The highest BCUT2D eigenvalue weighted by Crippen LogP contribution is 2.27. The number of benzene rings is 1. The summed E-state index contributed by atoms with van der Waals surface area (Å²) >= 11 is 12.1. The first-order chi connectivity index (χ1) is 15.0. The van der Waals surface area contributed by atoms with Gasteiger partial charge in [0, 0.05) is 38.2 Å². The fourth-order valence-electron chi connectivity index (χ4n) is 4.22. The quantitative estimate of drug-likeness (QED) is 0.697. The number of halogens is 2. The lowest BCUT2D eigenvalue weighted by Gasteiger charge is -2.31. The van der Waals surface area contributed by atoms with Gasteiger partial charge in [-0.3, -0.25) is 4.98 Å². The third-order valence-corrected chi connectivity index (χ3v) is 6.84. The van der Waals surface area contributed by atoms with Crippen molar-refractivity contribution in [2.75, 3.05) is 26.4 Å². The first kappa shape index (κ1) is 22.3. The normalized spacial score (nSPS) is 17.8. The number of ether oxygens (including phenoxy) is 1. The summed E-state index contributed by atoms with van der Waals surface area (Å²) in [5.41, 5.74) is 4.14. The number of nitrogens with zero attached hydrogens (tertiary/aromatic N) is 2. The van der Waals surface area contributed by atoms with E-state index in [0.29, 0.717) is 34.6 Å². The third kappa shape index (κ3) is 5.50. The molecule has 0 aliphatic carbocycles. The lowest BCUT2D eigenvalue weighted by Crippen LogP contribution is -2.44. The minimum Gasteiger partial charge on any atom is -0.394 e. The van der Waals surface area contributed by atoms with E-state index >= 15 is 0 Å². The molecule has 1 aromatic carbocycles. The summed E-state index contributed by atoms with van der Waals surface area (Å²) in [5.74, 6) is 0.610. The van der Waals surface area contributed by atoms with E-state index in [-0.39, 0.29) is 12.6 Å². The molecule has 1 aromatic heterocycles. The van der Waals surface area contributed by atoms with Crippen LogP contribution in [-0.2, 0) is 24.1 Å². The second kappa shape index (κ2) is 10.2. The van der Waals surface area contributed by atoms with Crippen molar-refractivity contribution in [1.29, 1.82) is 0 Å². The Labute approximate surface area is 192 Å². The number of aliphatic hydroxyl groups is 1. The molecule has 1 atom stereocenters. The fourth-order valence-corrected chi connectivity index (χ4v) is 4.53. The molecule has 4 rings (SSSR count).